The van der Waals surface area contributed by atoms with E-state index >= 15 is 0 Å². The molecule has 6 nitrogen and oxygen atoms in total. The molecule has 7 heteroatoms. The molecule has 0 fully saturated rings. The highest BCUT2D eigenvalue weighted by molar-refractivity contribution is 7.90. The van der Waals surface area contributed by atoms with E-state index in [4.69, 9.17) is 10.5 Å². The van der Waals surface area contributed by atoms with Crippen LogP contribution in [0.4, 0.5) is 5.82 Å². The number of ether oxygens (including phenoxy) is 1. The van der Waals surface area contributed by atoms with Crippen LogP contribution in [0.15, 0.2) is 41.4 Å². The lowest BCUT2D eigenvalue weighted by atomic mass is 10.0. The minimum Gasteiger partial charge on any atom is -0.465 e. The lowest BCUT2D eigenvalue weighted by molar-refractivity contribution is 0.0601. The van der Waals surface area contributed by atoms with Crippen LogP contribution in [0.25, 0.3) is 11.1 Å². The smallest absolute Gasteiger partial charge is 0.338 e. The molecule has 0 amide bonds. The Morgan fingerprint density at radius 3 is 2.62 bits per heavy atom. The Morgan fingerprint density at radius 2 is 2.00 bits per heavy atom. The third-order valence-corrected chi connectivity index (χ3v) is 4.01. The van der Waals surface area contributed by atoms with E-state index in [9.17, 15) is 13.2 Å². The zero-order valence-corrected chi connectivity index (χ0v) is 12.3. The molecule has 21 heavy (non-hydrogen) atoms. The predicted octanol–water partition coefficient (Wildman–Crippen LogP) is 1.52. The summed E-state index contributed by atoms with van der Waals surface area (Å²) >= 11 is 0. The molecule has 110 valence electrons. The number of hydrogen-bond donors (Lipinski definition) is 1. The van der Waals surface area contributed by atoms with Crippen LogP contribution < -0.4 is 5.73 Å². The molecular formula is C14H14N2O4S. The van der Waals surface area contributed by atoms with E-state index in [-0.39, 0.29) is 16.3 Å². The molecule has 0 atom stereocenters. The normalized spacial score (nSPS) is 11.1. The number of sulfone groups is 1. The number of hydrogen-bond acceptors (Lipinski definition) is 6. The molecule has 1 heterocycles. The first-order chi connectivity index (χ1) is 9.82. The highest BCUT2D eigenvalue weighted by Gasteiger charge is 2.16. The molecule has 0 bridgehead atoms. The van der Waals surface area contributed by atoms with Crippen molar-refractivity contribution in [2.45, 2.75) is 4.90 Å². The van der Waals surface area contributed by atoms with E-state index in [1.54, 1.807) is 12.1 Å². The van der Waals surface area contributed by atoms with E-state index in [1.807, 2.05) is 0 Å². The summed E-state index contributed by atoms with van der Waals surface area (Å²) in [7, 11) is -2.08. The summed E-state index contributed by atoms with van der Waals surface area (Å²) in [5.41, 5.74) is 6.82. The third kappa shape index (κ3) is 3.19. The topological polar surface area (TPSA) is 99.3 Å². The molecule has 1 aromatic heterocycles. The molecule has 0 aliphatic rings. The van der Waals surface area contributed by atoms with Crippen LogP contribution in [0.1, 0.15) is 10.4 Å². The Bertz CT molecular complexity index is 800. The number of benzene rings is 1. The van der Waals surface area contributed by atoms with E-state index in [0.29, 0.717) is 11.1 Å². The number of nitrogens with zero attached hydrogens (tertiary/aromatic N) is 1. The van der Waals surface area contributed by atoms with E-state index in [2.05, 4.69) is 4.98 Å². The number of nitrogens with two attached hydrogens (primary N) is 1. The Balaban J connectivity index is 2.65. The van der Waals surface area contributed by atoms with Crippen molar-refractivity contribution in [3.05, 3.63) is 42.1 Å². The van der Waals surface area contributed by atoms with Gasteiger partial charge in [0.1, 0.15) is 5.82 Å². The molecule has 0 saturated carbocycles. The number of anilines is 1. The Labute approximate surface area is 122 Å². The molecule has 0 aliphatic carbocycles. The van der Waals surface area contributed by atoms with Crippen LogP contribution in [0.5, 0.6) is 0 Å². The average molecular weight is 306 g/mol. The van der Waals surface area contributed by atoms with Crippen LogP contribution in [-0.4, -0.2) is 32.7 Å². The first-order valence-corrected chi connectivity index (χ1v) is 7.86. The van der Waals surface area contributed by atoms with Crippen LogP contribution in [0, 0.1) is 0 Å². The fourth-order valence-corrected chi connectivity index (χ4v) is 2.54. The number of pyridine rings is 1. The van der Waals surface area contributed by atoms with Crippen LogP contribution in [0.3, 0.4) is 0 Å². The fraction of sp³-hybridized carbons (Fsp3) is 0.143. The zero-order valence-electron chi connectivity index (χ0n) is 11.5. The van der Waals surface area contributed by atoms with Crippen LogP contribution in [0.2, 0.25) is 0 Å². The lowest BCUT2D eigenvalue weighted by Crippen LogP contribution is -2.06. The van der Waals surface area contributed by atoms with Gasteiger partial charge in [-0.1, -0.05) is 12.1 Å². The predicted molar refractivity (Wildman–Crippen MR) is 78.5 cm³/mol. The highest BCUT2D eigenvalue weighted by Crippen LogP contribution is 2.27. The second-order valence-electron chi connectivity index (χ2n) is 4.45. The fourth-order valence-electron chi connectivity index (χ4n) is 1.87. The van der Waals surface area contributed by atoms with Gasteiger partial charge < -0.3 is 10.5 Å². The number of rotatable bonds is 3. The molecule has 0 aliphatic heterocycles. The molecule has 2 aromatic rings. The minimum atomic E-state index is -3.34. The minimum absolute atomic E-state index is 0.160. The third-order valence-electron chi connectivity index (χ3n) is 2.90. The van der Waals surface area contributed by atoms with Gasteiger partial charge in [-0.25, -0.2) is 18.2 Å². The largest absolute Gasteiger partial charge is 0.465 e. The van der Waals surface area contributed by atoms with Crippen LogP contribution in [-0.2, 0) is 14.6 Å². The summed E-state index contributed by atoms with van der Waals surface area (Å²) in [5.74, 6) is -0.387. The van der Waals surface area contributed by atoms with Gasteiger partial charge in [-0.05, 0) is 23.8 Å². The summed E-state index contributed by atoms with van der Waals surface area (Å²) < 4.78 is 27.9. The zero-order chi connectivity index (χ0) is 15.6. The Morgan fingerprint density at radius 1 is 1.29 bits per heavy atom. The number of aromatic nitrogens is 1. The van der Waals surface area contributed by atoms with Gasteiger partial charge in [-0.3, -0.25) is 0 Å². The number of carbonyl (C=O) groups excluding carboxylic acids is 1. The monoisotopic (exact) mass is 306 g/mol. The molecule has 0 saturated heterocycles. The summed E-state index contributed by atoms with van der Waals surface area (Å²) in [5, 5.41) is 0. The van der Waals surface area contributed by atoms with Crippen molar-refractivity contribution < 1.29 is 17.9 Å². The van der Waals surface area contributed by atoms with Crippen LogP contribution >= 0.6 is 0 Å². The van der Waals surface area contributed by atoms with Crippen molar-refractivity contribution in [1.29, 1.82) is 0 Å². The quantitative estimate of drug-likeness (QED) is 0.863. The molecule has 0 unspecified atom stereocenters. The summed E-state index contributed by atoms with van der Waals surface area (Å²) in [6.45, 7) is 0. The first-order valence-electron chi connectivity index (χ1n) is 5.97. The van der Waals surface area contributed by atoms with Crippen molar-refractivity contribution in [1.82, 2.24) is 4.98 Å². The highest BCUT2D eigenvalue weighted by atomic mass is 32.2. The standard InChI is InChI=1S/C14H14N2O4S/c1-20-14(17)11-7-13(15)16-8-12(11)9-4-3-5-10(6-9)21(2,18)19/h3-8H,1-2H3,(H2,15,16). The second-order valence-corrected chi connectivity index (χ2v) is 6.46. The molecule has 0 radical (unpaired) electrons. The number of carbonyl (C=O) groups is 1. The van der Waals surface area contributed by atoms with E-state index in [0.717, 1.165) is 6.26 Å². The van der Waals surface area contributed by atoms with Crippen molar-refractivity contribution in [2.24, 2.45) is 0 Å². The van der Waals surface area contributed by atoms with Crippen molar-refractivity contribution in [3.8, 4) is 11.1 Å². The second kappa shape index (κ2) is 5.53. The maximum absolute atomic E-state index is 11.8. The van der Waals surface area contributed by atoms with Gasteiger partial charge in [0.15, 0.2) is 9.84 Å². The number of methoxy groups -OCH3 is 1. The van der Waals surface area contributed by atoms with Gasteiger partial charge in [0.2, 0.25) is 0 Å². The van der Waals surface area contributed by atoms with Gasteiger partial charge >= 0.3 is 5.97 Å². The van der Waals surface area contributed by atoms with Crippen molar-refractivity contribution >= 4 is 21.6 Å². The SMILES string of the molecule is COC(=O)c1cc(N)ncc1-c1cccc(S(C)(=O)=O)c1. The van der Waals surface area contributed by atoms with Gasteiger partial charge in [-0.2, -0.15) is 0 Å². The van der Waals surface area contributed by atoms with Gasteiger partial charge in [-0.15, -0.1) is 0 Å². The summed E-state index contributed by atoms with van der Waals surface area (Å²) in [4.78, 5) is 15.9. The lowest BCUT2D eigenvalue weighted by Gasteiger charge is -2.09. The maximum Gasteiger partial charge on any atom is 0.338 e. The average Bonchev–Trinajstić information content (AvgIpc) is 2.45. The van der Waals surface area contributed by atoms with Crippen molar-refractivity contribution in [3.63, 3.8) is 0 Å². The Kier molecular flexibility index (Phi) is 3.95. The molecule has 2 N–H and O–H groups in total. The van der Waals surface area contributed by atoms with Crippen molar-refractivity contribution in [2.75, 3.05) is 19.1 Å². The molecule has 0 spiro atoms. The van der Waals surface area contributed by atoms with Gasteiger partial charge in [0.05, 0.1) is 17.6 Å². The maximum atomic E-state index is 11.8. The van der Waals surface area contributed by atoms with Gasteiger partial charge in [0, 0.05) is 18.0 Å². The van der Waals surface area contributed by atoms with E-state index < -0.39 is 15.8 Å². The van der Waals surface area contributed by atoms with Gasteiger partial charge in [0.25, 0.3) is 0 Å². The number of nitrogen functional groups attached to an aromatic ring is 1. The van der Waals surface area contributed by atoms with E-state index in [1.165, 1.54) is 31.5 Å². The summed E-state index contributed by atoms with van der Waals surface area (Å²) in [6.07, 6.45) is 2.54. The summed E-state index contributed by atoms with van der Waals surface area (Å²) in [6, 6.07) is 7.65. The molecule has 2 rings (SSSR count). The first kappa shape index (κ1) is 15.0. The number of esters is 1. The Hall–Kier alpha value is -2.41. The molecule has 1 aromatic carbocycles. The molecular weight excluding hydrogens is 292 g/mol.